The molecule has 1 aliphatic heterocycles. The molecule has 1 unspecified atom stereocenters. The molecule has 0 spiro atoms. The van der Waals surface area contributed by atoms with E-state index < -0.39 is 0 Å². The number of hydrogen-bond donors (Lipinski definition) is 1. The molecule has 1 fully saturated rings. The fourth-order valence-electron chi connectivity index (χ4n) is 2.05. The quantitative estimate of drug-likeness (QED) is 0.817. The van der Waals surface area contributed by atoms with Crippen LogP contribution in [0.15, 0.2) is 6.07 Å². The number of nitrogens with one attached hydrogen (secondary N) is 1. The van der Waals surface area contributed by atoms with Crippen LogP contribution >= 0.6 is 0 Å². The van der Waals surface area contributed by atoms with E-state index in [4.69, 9.17) is 4.74 Å². The first-order valence-electron chi connectivity index (χ1n) is 5.68. The van der Waals surface area contributed by atoms with Crippen LogP contribution < -0.4 is 10.1 Å². The SMILES string of the molecule is CCc1cc(OC)n(C2CCCNC2)n1. The van der Waals surface area contributed by atoms with Gasteiger partial charge in [0, 0.05) is 12.6 Å². The van der Waals surface area contributed by atoms with Crippen molar-refractivity contribution in [3.05, 3.63) is 11.8 Å². The molecule has 84 valence electrons. The van der Waals surface area contributed by atoms with Crippen molar-refractivity contribution < 1.29 is 4.74 Å². The fraction of sp³-hybridized carbons (Fsp3) is 0.727. The lowest BCUT2D eigenvalue weighted by Crippen LogP contribution is -2.32. The van der Waals surface area contributed by atoms with Gasteiger partial charge in [0.05, 0.1) is 18.8 Å². The highest BCUT2D eigenvalue weighted by molar-refractivity contribution is 5.17. The highest BCUT2D eigenvalue weighted by Crippen LogP contribution is 2.23. The maximum absolute atomic E-state index is 5.35. The number of piperidine rings is 1. The summed E-state index contributed by atoms with van der Waals surface area (Å²) in [6.45, 7) is 4.24. The van der Waals surface area contributed by atoms with Gasteiger partial charge in [-0.3, -0.25) is 0 Å². The predicted octanol–water partition coefficient (Wildman–Crippen LogP) is 1.38. The minimum atomic E-state index is 0.453. The van der Waals surface area contributed by atoms with E-state index in [0.29, 0.717) is 6.04 Å². The van der Waals surface area contributed by atoms with Gasteiger partial charge in [-0.25, -0.2) is 4.68 Å². The Balaban J connectivity index is 2.20. The molecule has 0 aromatic carbocycles. The van der Waals surface area contributed by atoms with Crippen molar-refractivity contribution >= 4 is 0 Å². The van der Waals surface area contributed by atoms with Crippen molar-refractivity contribution in [1.29, 1.82) is 0 Å². The minimum absolute atomic E-state index is 0.453. The Morgan fingerprint density at radius 3 is 3.13 bits per heavy atom. The second-order valence-corrected chi connectivity index (χ2v) is 3.98. The average molecular weight is 209 g/mol. The topological polar surface area (TPSA) is 39.1 Å². The molecule has 4 nitrogen and oxygen atoms in total. The molecule has 0 bridgehead atoms. The van der Waals surface area contributed by atoms with E-state index in [1.165, 1.54) is 12.8 Å². The number of aryl methyl sites for hydroxylation is 1. The third-order valence-corrected chi connectivity index (χ3v) is 2.94. The van der Waals surface area contributed by atoms with Crippen LogP contribution in [0.1, 0.15) is 31.5 Å². The summed E-state index contributed by atoms with van der Waals surface area (Å²) in [5, 5.41) is 7.97. The van der Waals surface area contributed by atoms with Gasteiger partial charge in [-0.1, -0.05) is 6.92 Å². The third kappa shape index (κ3) is 2.15. The van der Waals surface area contributed by atoms with Gasteiger partial charge < -0.3 is 10.1 Å². The minimum Gasteiger partial charge on any atom is -0.481 e. The zero-order valence-corrected chi connectivity index (χ0v) is 9.49. The van der Waals surface area contributed by atoms with Crippen LogP contribution in [0.5, 0.6) is 5.88 Å². The second-order valence-electron chi connectivity index (χ2n) is 3.98. The van der Waals surface area contributed by atoms with Crippen LogP contribution in [0, 0.1) is 0 Å². The van der Waals surface area contributed by atoms with Crippen molar-refractivity contribution in [2.75, 3.05) is 20.2 Å². The number of ether oxygens (including phenoxy) is 1. The summed E-state index contributed by atoms with van der Waals surface area (Å²) in [4.78, 5) is 0. The third-order valence-electron chi connectivity index (χ3n) is 2.94. The Hall–Kier alpha value is -1.03. The Morgan fingerprint density at radius 2 is 2.53 bits per heavy atom. The van der Waals surface area contributed by atoms with Crippen molar-refractivity contribution in [1.82, 2.24) is 15.1 Å². The zero-order chi connectivity index (χ0) is 10.7. The smallest absolute Gasteiger partial charge is 0.212 e. The molecule has 0 saturated carbocycles. The Labute approximate surface area is 90.6 Å². The molecule has 4 heteroatoms. The normalized spacial score (nSPS) is 21.6. The Kier molecular flexibility index (Phi) is 3.26. The lowest BCUT2D eigenvalue weighted by molar-refractivity contribution is 0.291. The summed E-state index contributed by atoms with van der Waals surface area (Å²) >= 11 is 0. The van der Waals surface area contributed by atoms with Crippen LogP contribution in [0.2, 0.25) is 0 Å². The van der Waals surface area contributed by atoms with Gasteiger partial charge in [0.25, 0.3) is 0 Å². The van der Waals surface area contributed by atoms with E-state index in [-0.39, 0.29) is 0 Å². The van der Waals surface area contributed by atoms with Gasteiger partial charge in [0.1, 0.15) is 0 Å². The van der Waals surface area contributed by atoms with Gasteiger partial charge in [-0.05, 0) is 25.8 Å². The van der Waals surface area contributed by atoms with Gasteiger partial charge in [-0.2, -0.15) is 5.10 Å². The van der Waals surface area contributed by atoms with Crippen molar-refractivity contribution in [3.63, 3.8) is 0 Å². The van der Waals surface area contributed by atoms with Crippen LogP contribution in [-0.2, 0) is 6.42 Å². The first-order chi connectivity index (χ1) is 7.35. The number of hydrogen-bond acceptors (Lipinski definition) is 3. The monoisotopic (exact) mass is 209 g/mol. The van der Waals surface area contributed by atoms with Gasteiger partial charge in [0.15, 0.2) is 0 Å². The zero-order valence-electron chi connectivity index (χ0n) is 9.49. The molecular weight excluding hydrogens is 190 g/mol. The molecule has 1 atom stereocenters. The Morgan fingerprint density at radius 1 is 1.67 bits per heavy atom. The van der Waals surface area contributed by atoms with E-state index in [9.17, 15) is 0 Å². The molecule has 1 saturated heterocycles. The van der Waals surface area contributed by atoms with Crippen LogP contribution in [0.4, 0.5) is 0 Å². The summed E-state index contributed by atoms with van der Waals surface area (Å²) in [5.74, 6) is 0.889. The molecule has 1 aromatic heterocycles. The number of aromatic nitrogens is 2. The van der Waals surface area contributed by atoms with Gasteiger partial charge >= 0.3 is 0 Å². The molecular formula is C11H19N3O. The Bertz CT molecular complexity index is 316. The van der Waals surface area contributed by atoms with Crippen LogP contribution in [-0.4, -0.2) is 30.0 Å². The van der Waals surface area contributed by atoms with Gasteiger partial charge in [0.2, 0.25) is 5.88 Å². The standard InChI is InChI=1S/C11H19N3O/c1-3-9-7-11(15-2)14(13-9)10-5-4-6-12-8-10/h7,10,12H,3-6,8H2,1-2H3. The first kappa shape index (κ1) is 10.5. The molecule has 2 heterocycles. The molecule has 0 radical (unpaired) electrons. The summed E-state index contributed by atoms with van der Waals surface area (Å²) in [6, 6.07) is 2.49. The number of rotatable bonds is 3. The van der Waals surface area contributed by atoms with Crippen molar-refractivity contribution in [2.45, 2.75) is 32.2 Å². The molecule has 1 aromatic rings. The van der Waals surface area contributed by atoms with E-state index >= 15 is 0 Å². The lowest BCUT2D eigenvalue weighted by atomic mass is 10.1. The lowest BCUT2D eigenvalue weighted by Gasteiger charge is -2.24. The van der Waals surface area contributed by atoms with E-state index in [0.717, 1.165) is 31.1 Å². The molecule has 2 rings (SSSR count). The molecule has 1 aliphatic rings. The van der Waals surface area contributed by atoms with E-state index in [1.807, 2.05) is 10.7 Å². The molecule has 0 amide bonds. The second kappa shape index (κ2) is 4.66. The average Bonchev–Trinajstić information content (AvgIpc) is 2.73. The summed E-state index contributed by atoms with van der Waals surface area (Å²) in [6.07, 6.45) is 3.37. The maximum Gasteiger partial charge on any atom is 0.212 e. The van der Waals surface area contributed by atoms with Crippen LogP contribution in [0.3, 0.4) is 0 Å². The summed E-state index contributed by atoms with van der Waals surface area (Å²) in [5.41, 5.74) is 1.11. The largest absolute Gasteiger partial charge is 0.481 e. The number of methoxy groups -OCH3 is 1. The predicted molar refractivity (Wildman–Crippen MR) is 59.3 cm³/mol. The molecule has 15 heavy (non-hydrogen) atoms. The fourth-order valence-corrected chi connectivity index (χ4v) is 2.05. The highest BCUT2D eigenvalue weighted by Gasteiger charge is 2.19. The molecule has 0 aliphatic carbocycles. The van der Waals surface area contributed by atoms with Crippen LogP contribution in [0.25, 0.3) is 0 Å². The summed E-state index contributed by atoms with van der Waals surface area (Å²) < 4.78 is 7.39. The summed E-state index contributed by atoms with van der Waals surface area (Å²) in [7, 11) is 1.71. The number of nitrogens with zero attached hydrogens (tertiary/aromatic N) is 2. The first-order valence-corrected chi connectivity index (χ1v) is 5.68. The van der Waals surface area contributed by atoms with E-state index in [2.05, 4.69) is 17.3 Å². The van der Waals surface area contributed by atoms with Crippen molar-refractivity contribution in [3.8, 4) is 5.88 Å². The maximum atomic E-state index is 5.35. The van der Waals surface area contributed by atoms with Crippen molar-refractivity contribution in [2.24, 2.45) is 0 Å². The van der Waals surface area contributed by atoms with E-state index in [1.54, 1.807) is 7.11 Å². The van der Waals surface area contributed by atoms with Gasteiger partial charge in [-0.15, -0.1) is 0 Å². The molecule has 1 N–H and O–H groups in total. The highest BCUT2D eigenvalue weighted by atomic mass is 16.5.